The minimum atomic E-state index is -0.190. The lowest BCUT2D eigenvalue weighted by molar-refractivity contribution is -0.192. The quantitative estimate of drug-likeness (QED) is 0.629. The summed E-state index contributed by atoms with van der Waals surface area (Å²) >= 11 is 0. The van der Waals surface area contributed by atoms with E-state index in [0.717, 1.165) is 6.42 Å². The Bertz CT molecular complexity index is 108. The van der Waals surface area contributed by atoms with E-state index in [9.17, 15) is 0 Å². The van der Waals surface area contributed by atoms with Gasteiger partial charge in [0.2, 0.25) is 0 Å². The molecular formula is C7H15NO3. The van der Waals surface area contributed by atoms with E-state index in [-0.39, 0.29) is 18.5 Å². The molecule has 0 aromatic heterocycles. The minimum absolute atomic E-state index is 0.145. The van der Waals surface area contributed by atoms with Crippen LogP contribution in [0.15, 0.2) is 0 Å². The Morgan fingerprint density at radius 1 is 1.45 bits per heavy atom. The number of hydrogen-bond donors (Lipinski definition) is 1. The van der Waals surface area contributed by atoms with E-state index in [1.807, 2.05) is 0 Å². The topological polar surface area (TPSA) is 53.7 Å². The van der Waals surface area contributed by atoms with Crippen LogP contribution in [0.1, 0.15) is 6.42 Å². The molecule has 3 atom stereocenters. The molecule has 0 spiro atoms. The Balaban J connectivity index is 2.41. The predicted molar refractivity (Wildman–Crippen MR) is 39.8 cm³/mol. The molecule has 0 amide bonds. The van der Waals surface area contributed by atoms with Gasteiger partial charge in [-0.05, 0) is 0 Å². The smallest absolute Gasteiger partial charge is 0.164 e. The molecule has 1 heterocycles. The van der Waals surface area contributed by atoms with E-state index < -0.39 is 0 Å². The van der Waals surface area contributed by atoms with Gasteiger partial charge >= 0.3 is 0 Å². The van der Waals surface area contributed by atoms with Crippen molar-refractivity contribution in [3.8, 4) is 0 Å². The highest BCUT2D eigenvalue weighted by Crippen LogP contribution is 2.26. The summed E-state index contributed by atoms with van der Waals surface area (Å²) < 4.78 is 15.4. The van der Waals surface area contributed by atoms with Crippen LogP contribution >= 0.6 is 0 Å². The van der Waals surface area contributed by atoms with E-state index in [4.69, 9.17) is 19.9 Å². The fourth-order valence-corrected chi connectivity index (χ4v) is 1.28. The van der Waals surface area contributed by atoms with Crippen LogP contribution in [0.4, 0.5) is 0 Å². The third kappa shape index (κ3) is 1.90. The molecule has 4 nitrogen and oxygen atoms in total. The van der Waals surface area contributed by atoms with Crippen molar-refractivity contribution in [3.63, 3.8) is 0 Å². The fourth-order valence-electron chi connectivity index (χ4n) is 1.28. The fraction of sp³-hybridized carbons (Fsp3) is 1.00. The molecule has 0 aromatic rings. The van der Waals surface area contributed by atoms with Gasteiger partial charge in [-0.3, -0.25) is 0 Å². The monoisotopic (exact) mass is 161 g/mol. The van der Waals surface area contributed by atoms with Gasteiger partial charge in [-0.2, -0.15) is 0 Å². The second-order valence-electron chi connectivity index (χ2n) is 2.64. The van der Waals surface area contributed by atoms with Crippen LogP contribution in [0.2, 0.25) is 0 Å². The first kappa shape index (κ1) is 8.93. The lowest BCUT2D eigenvalue weighted by atomic mass is 10.1. The zero-order valence-corrected chi connectivity index (χ0v) is 6.95. The second kappa shape index (κ2) is 4.01. The number of nitrogens with two attached hydrogens (primary N) is 1. The molecule has 2 N–H and O–H groups in total. The molecule has 1 aliphatic heterocycles. The molecule has 1 rings (SSSR count). The van der Waals surface area contributed by atoms with Crippen LogP contribution < -0.4 is 5.73 Å². The Hall–Kier alpha value is -0.160. The average Bonchev–Trinajstić information content (AvgIpc) is 2.46. The Labute approximate surface area is 66.6 Å². The van der Waals surface area contributed by atoms with Crippen molar-refractivity contribution < 1.29 is 14.2 Å². The van der Waals surface area contributed by atoms with E-state index in [2.05, 4.69) is 0 Å². The zero-order valence-electron chi connectivity index (χ0n) is 6.95. The van der Waals surface area contributed by atoms with Crippen LogP contribution in [-0.2, 0) is 14.2 Å². The molecule has 0 radical (unpaired) electrons. The van der Waals surface area contributed by atoms with Gasteiger partial charge in [0, 0.05) is 33.1 Å². The van der Waals surface area contributed by atoms with Crippen LogP contribution in [0.25, 0.3) is 0 Å². The summed E-state index contributed by atoms with van der Waals surface area (Å²) in [4.78, 5) is 0. The molecule has 0 aliphatic carbocycles. The minimum Gasteiger partial charge on any atom is -0.356 e. The van der Waals surface area contributed by atoms with Gasteiger partial charge in [0.25, 0.3) is 0 Å². The van der Waals surface area contributed by atoms with Gasteiger partial charge in [0.05, 0.1) is 0 Å². The number of hydrogen-bond acceptors (Lipinski definition) is 4. The summed E-state index contributed by atoms with van der Waals surface area (Å²) in [6.45, 7) is 0.582. The maximum Gasteiger partial charge on any atom is 0.164 e. The third-order valence-corrected chi connectivity index (χ3v) is 1.96. The standard InChI is InChI=1S/C7H15NO3/c1-9-6-3-5(4-8)7(10-2)11-6/h5-7H,3-4,8H2,1-2H3. The van der Waals surface area contributed by atoms with Crippen molar-refractivity contribution in [2.75, 3.05) is 20.8 Å². The van der Waals surface area contributed by atoms with Gasteiger partial charge in [0.15, 0.2) is 12.6 Å². The number of ether oxygens (including phenoxy) is 3. The molecule has 1 aliphatic rings. The van der Waals surface area contributed by atoms with Crippen LogP contribution in [0, 0.1) is 5.92 Å². The highest BCUT2D eigenvalue weighted by Gasteiger charge is 2.34. The largest absolute Gasteiger partial charge is 0.356 e. The first-order chi connectivity index (χ1) is 5.31. The van der Waals surface area contributed by atoms with Crippen molar-refractivity contribution in [1.82, 2.24) is 0 Å². The molecule has 1 saturated heterocycles. The summed E-state index contributed by atoms with van der Waals surface area (Å²) in [5.41, 5.74) is 5.50. The van der Waals surface area contributed by atoms with E-state index in [0.29, 0.717) is 6.54 Å². The average molecular weight is 161 g/mol. The Kier molecular flexibility index (Phi) is 3.26. The first-order valence-corrected chi connectivity index (χ1v) is 3.73. The van der Waals surface area contributed by atoms with Crippen molar-refractivity contribution in [3.05, 3.63) is 0 Å². The lowest BCUT2D eigenvalue weighted by Gasteiger charge is -2.13. The first-order valence-electron chi connectivity index (χ1n) is 3.73. The van der Waals surface area contributed by atoms with Crippen LogP contribution in [0.3, 0.4) is 0 Å². The van der Waals surface area contributed by atoms with E-state index in [1.165, 1.54) is 0 Å². The summed E-state index contributed by atoms with van der Waals surface area (Å²) in [5, 5.41) is 0. The van der Waals surface area contributed by atoms with Gasteiger partial charge in [-0.1, -0.05) is 0 Å². The number of methoxy groups -OCH3 is 2. The summed E-state index contributed by atoms with van der Waals surface area (Å²) in [5.74, 6) is 0.268. The highest BCUT2D eigenvalue weighted by atomic mass is 16.8. The molecular weight excluding hydrogens is 146 g/mol. The van der Waals surface area contributed by atoms with Crippen LogP contribution in [0.5, 0.6) is 0 Å². The van der Waals surface area contributed by atoms with Crippen LogP contribution in [-0.4, -0.2) is 33.3 Å². The number of rotatable bonds is 3. The summed E-state index contributed by atoms with van der Waals surface area (Å²) in [6, 6.07) is 0. The Morgan fingerprint density at radius 3 is 2.55 bits per heavy atom. The molecule has 4 heteroatoms. The molecule has 11 heavy (non-hydrogen) atoms. The maximum atomic E-state index is 5.50. The molecule has 3 unspecified atom stereocenters. The van der Waals surface area contributed by atoms with Gasteiger partial charge in [0.1, 0.15) is 0 Å². The van der Waals surface area contributed by atoms with E-state index in [1.54, 1.807) is 14.2 Å². The van der Waals surface area contributed by atoms with Crippen molar-refractivity contribution in [1.29, 1.82) is 0 Å². The maximum absolute atomic E-state index is 5.50. The van der Waals surface area contributed by atoms with Gasteiger partial charge in [-0.25, -0.2) is 0 Å². The molecule has 66 valence electrons. The van der Waals surface area contributed by atoms with Crippen molar-refractivity contribution in [2.45, 2.75) is 19.0 Å². The Morgan fingerprint density at radius 2 is 2.18 bits per heavy atom. The summed E-state index contributed by atoms with van der Waals surface area (Å²) in [7, 11) is 3.24. The molecule has 0 saturated carbocycles. The van der Waals surface area contributed by atoms with Gasteiger partial charge < -0.3 is 19.9 Å². The SMILES string of the molecule is COC1CC(CN)C(OC)O1. The van der Waals surface area contributed by atoms with Crippen molar-refractivity contribution >= 4 is 0 Å². The summed E-state index contributed by atoms with van der Waals surface area (Å²) in [6.07, 6.45) is 0.490. The zero-order chi connectivity index (χ0) is 8.27. The predicted octanol–water partition coefficient (Wildman–Crippen LogP) is -0.0734. The second-order valence-corrected chi connectivity index (χ2v) is 2.64. The normalized spacial score (nSPS) is 37.9. The molecule has 0 bridgehead atoms. The lowest BCUT2D eigenvalue weighted by Crippen LogP contribution is -2.25. The van der Waals surface area contributed by atoms with Crippen molar-refractivity contribution in [2.24, 2.45) is 11.7 Å². The van der Waals surface area contributed by atoms with Gasteiger partial charge in [-0.15, -0.1) is 0 Å². The highest BCUT2D eigenvalue weighted by molar-refractivity contribution is 4.72. The van der Waals surface area contributed by atoms with E-state index >= 15 is 0 Å². The molecule has 0 aromatic carbocycles. The molecule has 1 fully saturated rings. The third-order valence-electron chi connectivity index (χ3n) is 1.96.